The third-order valence-corrected chi connectivity index (χ3v) is 7.40. The van der Waals surface area contributed by atoms with Crippen LogP contribution < -0.4 is 0 Å². The van der Waals surface area contributed by atoms with Gasteiger partial charge in [0.15, 0.2) is 0 Å². The van der Waals surface area contributed by atoms with Crippen LogP contribution >= 0.6 is 23.2 Å². The number of rotatable bonds is 10. The second-order valence-electron chi connectivity index (χ2n) is 9.29. The molecule has 33 heavy (non-hydrogen) atoms. The van der Waals surface area contributed by atoms with Crippen LogP contribution in [0.15, 0.2) is 61.2 Å². The van der Waals surface area contributed by atoms with E-state index in [1.807, 2.05) is 48.5 Å². The summed E-state index contributed by atoms with van der Waals surface area (Å²) in [5, 5.41) is 1.36. The lowest BCUT2D eigenvalue weighted by Crippen LogP contribution is -2.55. The molecule has 1 heterocycles. The number of hydrogen-bond acceptors (Lipinski definition) is 2. The first-order valence-corrected chi connectivity index (χ1v) is 12.5. The standard InChI is InChI=1S/C28H33Cl2NO2/c1-4-16-28(3)19-25(21-9-8-10-23(30)18-21)26(20-12-14-22(29)15-13-20)31(27(28)33)24(5-2)11-6-7-17-32/h4,8-10,12-15,17-18,24-26H,1,5-7,11,16,19H2,2-3H3/t24-,25+,26?,28-/m0/s1. The van der Waals surface area contributed by atoms with Crippen LogP contribution in [-0.4, -0.2) is 23.1 Å². The van der Waals surface area contributed by atoms with Gasteiger partial charge in [0.1, 0.15) is 6.29 Å². The number of carbonyl (C=O) groups excluding carboxylic acids is 2. The number of nitrogens with zero attached hydrogens (tertiary/aromatic N) is 1. The minimum atomic E-state index is -0.560. The quantitative estimate of drug-likeness (QED) is 0.195. The third-order valence-electron chi connectivity index (χ3n) is 6.91. The summed E-state index contributed by atoms with van der Waals surface area (Å²) in [4.78, 5) is 27.2. The van der Waals surface area contributed by atoms with Crippen molar-refractivity contribution in [3.63, 3.8) is 0 Å². The molecule has 1 amide bonds. The van der Waals surface area contributed by atoms with Crippen molar-refractivity contribution in [1.82, 2.24) is 4.90 Å². The number of piperidine rings is 1. The lowest BCUT2D eigenvalue weighted by atomic mass is 9.67. The minimum Gasteiger partial charge on any atom is -0.332 e. The van der Waals surface area contributed by atoms with Gasteiger partial charge in [-0.05, 0) is 67.5 Å². The van der Waals surface area contributed by atoms with Gasteiger partial charge in [-0.3, -0.25) is 4.79 Å². The summed E-state index contributed by atoms with van der Waals surface area (Å²) in [7, 11) is 0. The number of likely N-dealkylation sites (tertiary alicyclic amines) is 1. The number of halogens is 2. The van der Waals surface area contributed by atoms with Crippen LogP contribution in [-0.2, 0) is 9.59 Å². The molecular weight excluding hydrogens is 453 g/mol. The Morgan fingerprint density at radius 3 is 2.48 bits per heavy atom. The van der Waals surface area contributed by atoms with Gasteiger partial charge < -0.3 is 9.69 Å². The van der Waals surface area contributed by atoms with E-state index in [4.69, 9.17) is 23.2 Å². The molecule has 1 unspecified atom stereocenters. The van der Waals surface area contributed by atoms with Gasteiger partial charge >= 0.3 is 0 Å². The number of aldehydes is 1. The number of unbranched alkanes of at least 4 members (excludes halogenated alkanes) is 1. The first-order chi connectivity index (χ1) is 15.8. The average Bonchev–Trinajstić information content (AvgIpc) is 2.80. The largest absolute Gasteiger partial charge is 0.332 e. The molecule has 0 bridgehead atoms. The van der Waals surface area contributed by atoms with Gasteiger partial charge in [-0.25, -0.2) is 0 Å². The van der Waals surface area contributed by atoms with Crippen molar-refractivity contribution in [1.29, 1.82) is 0 Å². The van der Waals surface area contributed by atoms with Gasteiger partial charge in [0.25, 0.3) is 0 Å². The maximum Gasteiger partial charge on any atom is 0.229 e. The molecule has 1 aliphatic heterocycles. The zero-order valence-electron chi connectivity index (χ0n) is 19.5. The number of hydrogen-bond donors (Lipinski definition) is 0. The van der Waals surface area contributed by atoms with Crippen LogP contribution in [0.3, 0.4) is 0 Å². The van der Waals surface area contributed by atoms with E-state index in [9.17, 15) is 9.59 Å². The number of carbonyl (C=O) groups is 2. The van der Waals surface area contributed by atoms with E-state index in [-0.39, 0.29) is 23.9 Å². The van der Waals surface area contributed by atoms with Crippen LogP contribution in [0.25, 0.3) is 0 Å². The van der Waals surface area contributed by atoms with Gasteiger partial charge in [0.2, 0.25) is 5.91 Å². The second-order valence-corrected chi connectivity index (χ2v) is 10.2. The van der Waals surface area contributed by atoms with Crippen molar-refractivity contribution >= 4 is 35.4 Å². The molecule has 1 saturated heterocycles. The highest BCUT2D eigenvalue weighted by molar-refractivity contribution is 6.30. The van der Waals surface area contributed by atoms with E-state index in [1.165, 1.54) is 0 Å². The third kappa shape index (κ3) is 5.70. The van der Waals surface area contributed by atoms with Crippen LogP contribution in [0, 0.1) is 5.41 Å². The van der Waals surface area contributed by atoms with Crippen molar-refractivity contribution in [3.05, 3.63) is 82.4 Å². The second kappa shape index (κ2) is 11.4. The normalized spacial score (nSPS) is 23.9. The van der Waals surface area contributed by atoms with Crippen molar-refractivity contribution < 1.29 is 9.59 Å². The molecule has 0 aliphatic carbocycles. The Morgan fingerprint density at radius 1 is 1.15 bits per heavy atom. The maximum atomic E-state index is 14.1. The van der Waals surface area contributed by atoms with Crippen LogP contribution in [0.4, 0.5) is 0 Å². The molecule has 176 valence electrons. The minimum absolute atomic E-state index is 0.0317. The fourth-order valence-corrected chi connectivity index (χ4v) is 5.59. The van der Waals surface area contributed by atoms with Gasteiger partial charge in [-0.1, -0.05) is 67.4 Å². The molecule has 1 aliphatic rings. The molecule has 0 aromatic heterocycles. The Labute approximate surface area is 207 Å². The molecule has 5 heteroatoms. The Balaban J connectivity index is 2.18. The summed E-state index contributed by atoms with van der Waals surface area (Å²) in [5.74, 6) is 0.214. The first kappa shape index (κ1) is 25.5. The van der Waals surface area contributed by atoms with Crippen molar-refractivity contribution in [2.45, 2.75) is 70.4 Å². The fourth-order valence-electron chi connectivity index (χ4n) is 5.27. The summed E-state index contributed by atoms with van der Waals surface area (Å²) >= 11 is 12.6. The van der Waals surface area contributed by atoms with Gasteiger partial charge in [0.05, 0.1) is 11.5 Å². The molecule has 0 saturated carbocycles. The summed E-state index contributed by atoms with van der Waals surface area (Å²) in [6.45, 7) is 8.11. The molecule has 2 aromatic rings. The smallest absolute Gasteiger partial charge is 0.229 e. The molecule has 0 N–H and O–H groups in total. The highest BCUT2D eigenvalue weighted by Gasteiger charge is 2.50. The molecule has 0 spiro atoms. The van der Waals surface area contributed by atoms with E-state index < -0.39 is 5.41 Å². The van der Waals surface area contributed by atoms with E-state index in [0.717, 1.165) is 36.7 Å². The van der Waals surface area contributed by atoms with Crippen LogP contribution in [0.5, 0.6) is 0 Å². The van der Waals surface area contributed by atoms with E-state index in [0.29, 0.717) is 29.3 Å². The molecule has 2 aromatic carbocycles. The summed E-state index contributed by atoms with van der Waals surface area (Å²) in [6.07, 6.45) is 6.99. The average molecular weight is 486 g/mol. The Morgan fingerprint density at radius 2 is 1.88 bits per heavy atom. The summed E-state index contributed by atoms with van der Waals surface area (Å²) in [5.41, 5.74) is 1.63. The van der Waals surface area contributed by atoms with E-state index in [2.05, 4.69) is 31.4 Å². The Kier molecular flexibility index (Phi) is 8.78. The molecule has 4 atom stereocenters. The van der Waals surface area contributed by atoms with Gasteiger partial charge in [0, 0.05) is 28.4 Å². The molecule has 3 nitrogen and oxygen atoms in total. The number of amides is 1. The van der Waals surface area contributed by atoms with Crippen molar-refractivity contribution in [2.75, 3.05) is 0 Å². The molecule has 3 rings (SSSR count). The zero-order valence-corrected chi connectivity index (χ0v) is 21.0. The molecule has 0 radical (unpaired) electrons. The van der Waals surface area contributed by atoms with Gasteiger partial charge in [-0.15, -0.1) is 6.58 Å². The van der Waals surface area contributed by atoms with E-state index in [1.54, 1.807) is 0 Å². The topological polar surface area (TPSA) is 37.4 Å². The maximum absolute atomic E-state index is 14.1. The van der Waals surface area contributed by atoms with E-state index >= 15 is 0 Å². The lowest BCUT2D eigenvalue weighted by molar-refractivity contribution is -0.154. The van der Waals surface area contributed by atoms with Crippen molar-refractivity contribution in [2.24, 2.45) is 5.41 Å². The number of allylic oxidation sites excluding steroid dienone is 1. The van der Waals surface area contributed by atoms with Crippen molar-refractivity contribution in [3.8, 4) is 0 Å². The highest BCUT2D eigenvalue weighted by Crippen LogP contribution is 2.52. The highest BCUT2D eigenvalue weighted by atomic mass is 35.5. The molecule has 1 fully saturated rings. The SMILES string of the molecule is C=CC[C@@]1(C)C[C@H](c2cccc(Cl)c2)C(c2ccc(Cl)cc2)N([C@@H](CC)CCCC=O)C1=O. The fraction of sp³-hybridized carbons (Fsp3) is 0.429. The Hall–Kier alpha value is -2.10. The van der Waals surface area contributed by atoms with Gasteiger partial charge in [-0.2, -0.15) is 0 Å². The number of benzene rings is 2. The lowest BCUT2D eigenvalue weighted by Gasteiger charge is -2.52. The molecular formula is C28H33Cl2NO2. The summed E-state index contributed by atoms with van der Waals surface area (Å²) in [6, 6.07) is 15.7. The predicted octanol–water partition coefficient (Wildman–Crippen LogP) is 7.78. The predicted molar refractivity (Wildman–Crippen MR) is 137 cm³/mol. The van der Waals surface area contributed by atoms with Crippen LogP contribution in [0.1, 0.15) is 75.5 Å². The zero-order chi connectivity index (χ0) is 24.0. The summed E-state index contributed by atoms with van der Waals surface area (Å²) < 4.78 is 0. The first-order valence-electron chi connectivity index (χ1n) is 11.7. The monoisotopic (exact) mass is 485 g/mol. The van der Waals surface area contributed by atoms with Crippen LogP contribution in [0.2, 0.25) is 10.0 Å². The Bertz CT molecular complexity index is 974.